The summed E-state index contributed by atoms with van der Waals surface area (Å²) in [5.41, 5.74) is 1.24. The van der Waals surface area contributed by atoms with Crippen LogP contribution >= 0.6 is 31.9 Å². The van der Waals surface area contributed by atoms with Crippen molar-refractivity contribution in [2.24, 2.45) is 0 Å². The van der Waals surface area contributed by atoms with Gasteiger partial charge >= 0.3 is 5.97 Å². The Bertz CT molecular complexity index is 703. The van der Waals surface area contributed by atoms with Crippen molar-refractivity contribution in [3.8, 4) is 0 Å². The van der Waals surface area contributed by atoms with Crippen LogP contribution in [0.1, 0.15) is 15.9 Å². The molecule has 2 aromatic rings. The Hall–Kier alpha value is -1.66. The van der Waals surface area contributed by atoms with Gasteiger partial charge in [-0.15, -0.1) is 0 Å². The topological polar surface area (TPSA) is 66.4 Å². The molecule has 0 fully saturated rings. The number of hydrogen-bond donors (Lipinski definition) is 2. The van der Waals surface area contributed by atoms with E-state index in [4.69, 9.17) is 0 Å². The molecule has 0 aliphatic carbocycles. The lowest BCUT2D eigenvalue weighted by Gasteiger charge is -2.15. The summed E-state index contributed by atoms with van der Waals surface area (Å²) in [6.45, 7) is 0. The molecule has 2 N–H and O–H groups in total. The van der Waals surface area contributed by atoms with E-state index in [2.05, 4.69) is 37.2 Å². The van der Waals surface area contributed by atoms with Crippen LogP contribution in [-0.4, -0.2) is 23.0 Å². The standard InChI is InChI=1S/C16H13Br2NO3/c17-12-5-1-3-10(7-12)8-14(16(21)22)19-15(20)11-4-2-6-13(18)9-11/h1-7,9,14H,8H2,(H,19,20)(H,21,22)/t14-/m1/s1. The van der Waals surface area contributed by atoms with Gasteiger partial charge in [-0.25, -0.2) is 4.79 Å². The molecule has 0 bridgehead atoms. The van der Waals surface area contributed by atoms with Crippen LogP contribution in [0.2, 0.25) is 0 Å². The van der Waals surface area contributed by atoms with Crippen molar-refractivity contribution >= 4 is 43.7 Å². The normalized spacial score (nSPS) is 11.7. The molecule has 0 aliphatic heterocycles. The molecule has 0 heterocycles. The van der Waals surface area contributed by atoms with Gasteiger partial charge in [-0.3, -0.25) is 4.79 Å². The quantitative estimate of drug-likeness (QED) is 0.766. The van der Waals surface area contributed by atoms with Gasteiger partial charge in [0.25, 0.3) is 5.91 Å². The summed E-state index contributed by atoms with van der Waals surface area (Å²) >= 11 is 6.63. The number of carbonyl (C=O) groups excluding carboxylic acids is 1. The monoisotopic (exact) mass is 425 g/mol. The molecule has 4 nitrogen and oxygen atoms in total. The van der Waals surface area contributed by atoms with Gasteiger partial charge in [0, 0.05) is 20.9 Å². The maximum atomic E-state index is 12.2. The molecule has 114 valence electrons. The highest BCUT2D eigenvalue weighted by atomic mass is 79.9. The van der Waals surface area contributed by atoms with Crippen LogP contribution in [0, 0.1) is 0 Å². The molecule has 1 atom stereocenters. The molecule has 0 aromatic heterocycles. The summed E-state index contributed by atoms with van der Waals surface area (Å²) in [6.07, 6.45) is 0.217. The average Bonchev–Trinajstić information content (AvgIpc) is 2.46. The highest BCUT2D eigenvalue weighted by Gasteiger charge is 2.21. The van der Waals surface area contributed by atoms with Crippen LogP contribution in [0.4, 0.5) is 0 Å². The Labute approximate surface area is 144 Å². The van der Waals surface area contributed by atoms with Crippen molar-refractivity contribution in [2.45, 2.75) is 12.5 Å². The van der Waals surface area contributed by atoms with Gasteiger partial charge in [0.1, 0.15) is 6.04 Å². The lowest BCUT2D eigenvalue weighted by atomic mass is 10.1. The van der Waals surface area contributed by atoms with Gasteiger partial charge in [-0.1, -0.05) is 50.1 Å². The van der Waals surface area contributed by atoms with E-state index in [1.807, 2.05) is 24.3 Å². The number of carbonyl (C=O) groups is 2. The molecule has 0 radical (unpaired) electrons. The molecule has 0 spiro atoms. The van der Waals surface area contributed by atoms with Crippen molar-refractivity contribution in [2.75, 3.05) is 0 Å². The third kappa shape index (κ3) is 4.68. The van der Waals surface area contributed by atoms with Crippen molar-refractivity contribution in [1.29, 1.82) is 0 Å². The number of carboxylic acid groups (broad SMARTS) is 1. The predicted molar refractivity (Wildman–Crippen MR) is 90.9 cm³/mol. The van der Waals surface area contributed by atoms with E-state index in [-0.39, 0.29) is 6.42 Å². The fraction of sp³-hybridized carbons (Fsp3) is 0.125. The number of amides is 1. The Kier molecular flexibility index (Phi) is 5.74. The molecule has 2 aromatic carbocycles. The summed E-state index contributed by atoms with van der Waals surface area (Å²) < 4.78 is 1.63. The third-order valence-electron chi connectivity index (χ3n) is 3.02. The highest BCUT2D eigenvalue weighted by molar-refractivity contribution is 9.10. The van der Waals surface area contributed by atoms with Crippen LogP contribution < -0.4 is 5.32 Å². The van der Waals surface area contributed by atoms with E-state index >= 15 is 0 Å². The van der Waals surface area contributed by atoms with Crippen LogP contribution in [0.25, 0.3) is 0 Å². The first-order valence-electron chi connectivity index (χ1n) is 6.49. The van der Waals surface area contributed by atoms with E-state index in [9.17, 15) is 14.7 Å². The third-order valence-corrected chi connectivity index (χ3v) is 4.01. The molecule has 1 amide bonds. The summed E-state index contributed by atoms with van der Waals surface area (Å²) in [4.78, 5) is 23.6. The van der Waals surface area contributed by atoms with E-state index in [1.165, 1.54) is 0 Å². The maximum Gasteiger partial charge on any atom is 0.326 e. The number of benzene rings is 2. The van der Waals surface area contributed by atoms with Crippen molar-refractivity contribution in [3.05, 3.63) is 68.6 Å². The van der Waals surface area contributed by atoms with Crippen LogP contribution in [0.15, 0.2) is 57.5 Å². The second-order valence-electron chi connectivity index (χ2n) is 4.71. The summed E-state index contributed by atoms with van der Waals surface area (Å²) in [5.74, 6) is -1.48. The van der Waals surface area contributed by atoms with E-state index in [0.717, 1.165) is 14.5 Å². The second-order valence-corrected chi connectivity index (χ2v) is 6.54. The zero-order chi connectivity index (χ0) is 16.1. The first-order chi connectivity index (χ1) is 10.5. The number of carboxylic acids is 1. The van der Waals surface area contributed by atoms with Gasteiger partial charge < -0.3 is 10.4 Å². The average molecular weight is 427 g/mol. The number of nitrogens with one attached hydrogen (secondary N) is 1. The minimum atomic E-state index is -1.07. The molecule has 0 saturated heterocycles. The fourth-order valence-corrected chi connectivity index (χ4v) is 2.82. The highest BCUT2D eigenvalue weighted by Crippen LogP contribution is 2.14. The minimum absolute atomic E-state index is 0.217. The lowest BCUT2D eigenvalue weighted by molar-refractivity contribution is -0.139. The fourth-order valence-electron chi connectivity index (χ4n) is 1.97. The van der Waals surface area contributed by atoms with E-state index in [1.54, 1.807) is 24.3 Å². The number of hydrogen-bond acceptors (Lipinski definition) is 2. The van der Waals surface area contributed by atoms with Crippen molar-refractivity contribution in [3.63, 3.8) is 0 Å². The first kappa shape index (κ1) is 16.7. The number of aliphatic carboxylic acids is 1. The lowest BCUT2D eigenvalue weighted by Crippen LogP contribution is -2.42. The first-order valence-corrected chi connectivity index (χ1v) is 8.08. The molecule has 6 heteroatoms. The van der Waals surface area contributed by atoms with Crippen molar-refractivity contribution < 1.29 is 14.7 Å². The van der Waals surface area contributed by atoms with Gasteiger partial charge in [-0.05, 0) is 35.9 Å². The minimum Gasteiger partial charge on any atom is -0.480 e. The molecular weight excluding hydrogens is 414 g/mol. The Morgan fingerprint density at radius 2 is 1.68 bits per heavy atom. The van der Waals surface area contributed by atoms with E-state index < -0.39 is 17.9 Å². The molecular formula is C16H13Br2NO3. The van der Waals surface area contributed by atoms with Gasteiger partial charge in [0.2, 0.25) is 0 Å². The largest absolute Gasteiger partial charge is 0.480 e. The van der Waals surface area contributed by atoms with Gasteiger partial charge in [0.05, 0.1) is 0 Å². The Morgan fingerprint density at radius 1 is 1.05 bits per heavy atom. The Balaban J connectivity index is 2.12. The van der Waals surface area contributed by atoms with E-state index in [0.29, 0.717) is 5.56 Å². The summed E-state index contributed by atoms with van der Waals surface area (Å²) in [5, 5.41) is 11.9. The molecule has 0 saturated carbocycles. The molecule has 22 heavy (non-hydrogen) atoms. The zero-order valence-electron chi connectivity index (χ0n) is 11.4. The summed E-state index contributed by atoms with van der Waals surface area (Å²) in [6, 6.07) is 13.2. The SMILES string of the molecule is O=C(N[C@H](Cc1cccc(Br)c1)C(=O)O)c1cccc(Br)c1. The molecule has 2 rings (SSSR count). The van der Waals surface area contributed by atoms with Crippen molar-refractivity contribution in [1.82, 2.24) is 5.32 Å². The maximum absolute atomic E-state index is 12.2. The number of halogens is 2. The summed E-state index contributed by atoms with van der Waals surface area (Å²) in [7, 11) is 0. The predicted octanol–water partition coefficient (Wildman–Crippen LogP) is 3.64. The Morgan fingerprint density at radius 3 is 2.27 bits per heavy atom. The zero-order valence-corrected chi connectivity index (χ0v) is 14.6. The van der Waals surface area contributed by atoms with Crippen LogP contribution in [0.3, 0.4) is 0 Å². The van der Waals surface area contributed by atoms with Gasteiger partial charge in [0.15, 0.2) is 0 Å². The second kappa shape index (κ2) is 7.56. The van der Waals surface area contributed by atoms with Gasteiger partial charge in [-0.2, -0.15) is 0 Å². The molecule has 0 unspecified atom stereocenters. The number of rotatable bonds is 5. The van der Waals surface area contributed by atoms with Crippen LogP contribution in [0.5, 0.6) is 0 Å². The smallest absolute Gasteiger partial charge is 0.326 e. The molecule has 0 aliphatic rings. The van der Waals surface area contributed by atoms with Crippen LogP contribution in [-0.2, 0) is 11.2 Å².